The number of rotatable bonds is 1. The maximum atomic E-state index is 14.2. The minimum atomic E-state index is -3.24. The molecule has 2 aromatic rings. The zero-order valence-corrected chi connectivity index (χ0v) is 10.1. The summed E-state index contributed by atoms with van der Waals surface area (Å²) in [6.45, 7) is -0.375. The first-order valence-electron chi connectivity index (χ1n) is 5.76. The largest absolute Gasteiger partial charge is 0.388 e. The molecular formula is C10H12FN5O4. The number of hydrogen-bond donors (Lipinski definition) is 5. The van der Waals surface area contributed by atoms with Crippen LogP contribution in [0.2, 0.25) is 0 Å². The van der Waals surface area contributed by atoms with Crippen LogP contribution < -0.4 is 5.73 Å². The number of halogens is 1. The molecule has 20 heavy (non-hydrogen) atoms. The van der Waals surface area contributed by atoms with E-state index in [1.165, 1.54) is 6.33 Å². The van der Waals surface area contributed by atoms with Gasteiger partial charge in [0.15, 0.2) is 23.4 Å². The number of nitrogens with two attached hydrogens (primary N) is 1. The highest BCUT2D eigenvalue weighted by Gasteiger charge is 2.54. The van der Waals surface area contributed by atoms with Crippen molar-refractivity contribution in [1.29, 1.82) is 0 Å². The molecule has 1 aliphatic rings. The Morgan fingerprint density at radius 2 is 2.20 bits per heavy atom. The molecule has 0 aliphatic carbocycles. The average Bonchev–Trinajstić information content (AvgIpc) is 2.85. The highest BCUT2D eigenvalue weighted by atomic mass is 19.2. The van der Waals surface area contributed by atoms with Crippen LogP contribution in [0.3, 0.4) is 0 Å². The molecule has 1 aliphatic heterocycles. The van der Waals surface area contributed by atoms with Gasteiger partial charge in [0.1, 0.15) is 17.7 Å². The van der Waals surface area contributed by atoms with Crippen LogP contribution in [-0.4, -0.2) is 59.9 Å². The summed E-state index contributed by atoms with van der Waals surface area (Å²) < 4.78 is 19.2. The predicted molar refractivity (Wildman–Crippen MR) is 62.9 cm³/mol. The van der Waals surface area contributed by atoms with Crippen LogP contribution in [0.15, 0.2) is 6.33 Å². The van der Waals surface area contributed by atoms with Crippen LogP contribution in [0.4, 0.5) is 10.2 Å². The van der Waals surface area contributed by atoms with Gasteiger partial charge in [-0.05, 0) is 0 Å². The van der Waals surface area contributed by atoms with Gasteiger partial charge in [0.2, 0.25) is 0 Å². The van der Waals surface area contributed by atoms with E-state index in [0.29, 0.717) is 5.52 Å². The third kappa shape index (κ3) is 1.81. The quantitative estimate of drug-likeness (QED) is 0.419. The lowest BCUT2D eigenvalue weighted by molar-refractivity contribution is -0.302. The molecule has 0 saturated carbocycles. The van der Waals surface area contributed by atoms with Gasteiger partial charge < -0.3 is 30.8 Å². The summed E-state index contributed by atoms with van der Waals surface area (Å²) in [5, 5.41) is 28.5. The Morgan fingerprint density at radius 1 is 1.45 bits per heavy atom. The second-order valence-corrected chi connectivity index (χ2v) is 4.52. The normalized spacial score (nSPS) is 34.5. The molecule has 9 nitrogen and oxygen atoms in total. The smallest absolute Gasteiger partial charge is 0.269 e. The Hall–Kier alpha value is -1.88. The van der Waals surface area contributed by atoms with Crippen LogP contribution >= 0.6 is 0 Å². The Bertz CT molecular complexity index is 648. The molecule has 3 rings (SSSR count). The number of ether oxygens (including phenoxy) is 1. The predicted octanol–water partition coefficient (Wildman–Crippen LogP) is -1.61. The second kappa shape index (κ2) is 4.31. The fourth-order valence-electron chi connectivity index (χ4n) is 2.07. The molecule has 6 N–H and O–H groups in total. The van der Waals surface area contributed by atoms with E-state index in [9.17, 15) is 19.7 Å². The molecule has 0 spiro atoms. The van der Waals surface area contributed by atoms with Crippen molar-refractivity contribution < 1.29 is 24.4 Å². The summed E-state index contributed by atoms with van der Waals surface area (Å²) in [4.78, 5) is 14.3. The molecular weight excluding hydrogens is 273 g/mol. The number of nitrogens with zero attached hydrogens (tertiary/aromatic N) is 3. The van der Waals surface area contributed by atoms with Crippen molar-refractivity contribution in [2.24, 2.45) is 0 Å². The molecule has 0 amide bonds. The van der Waals surface area contributed by atoms with Crippen molar-refractivity contribution in [2.45, 2.75) is 24.2 Å². The molecule has 10 heteroatoms. The van der Waals surface area contributed by atoms with Gasteiger partial charge in [-0.1, -0.05) is 0 Å². The summed E-state index contributed by atoms with van der Waals surface area (Å²) in [5.74, 6) is -3.51. The molecule has 1 unspecified atom stereocenters. The van der Waals surface area contributed by atoms with E-state index in [2.05, 4.69) is 19.9 Å². The van der Waals surface area contributed by atoms with Crippen molar-refractivity contribution in [3.63, 3.8) is 0 Å². The van der Waals surface area contributed by atoms with Crippen molar-refractivity contribution in [1.82, 2.24) is 19.9 Å². The number of aliphatic hydroxyl groups excluding tert-OH is 2. The van der Waals surface area contributed by atoms with E-state index in [-0.39, 0.29) is 23.9 Å². The zero-order valence-electron chi connectivity index (χ0n) is 10.1. The van der Waals surface area contributed by atoms with Gasteiger partial charge in [0.05, 0.1) is 12.9 Å². The third-order valence-corrected chi connectivity index (χ3v) is 3.15. The van der Waals surface area contributed by atoms with Gasteiger partial charge in [-0.3, -0.25) is 0 Å². The lowest BCUT2D eigenvalue weighted by Gasteiger charge is -2.38. The van der Waals surface area contributed by atoms with E-state index >= 15 is 0 Å². The molecule has 0 aromatic carbocycles. The van der Waals surface area contributed by atoms with Crippen LogP contribution in [0.25, 0.3) is 11.2 Å². The lowest BCUT2D eigenvalue weighted by atomic mass is 9.97. The summed E-state index contributed by atoms with van der Waals surface area (Å²) in [5.41, 5.74) is 6.21. The highest BCUT2D eigenvalue weighted by Crippen LogP contribution is 2.37. The average molecular weight is 285 g/mol. The third-order valence-electron chi connectivity index (χ3n) is 3.15. The maximum Gasteiger partial charge on any atom is 0.269 e. The summed E-state index contributed by atoms with van der Waals surface area (Å²) in [6, 6.07) is 0. The van der Waals surface area contributed by atoms with Crippen molar-refractivity contribution in [3.05, 3.63) is 12.2 Å². The molecule has 1 fully saturated rings. The number of aromatic nitrogens is 4. The Labute approximate surface area is 111 Å². The van der Waals surface area contributed by atoms with E-state index in [4.69, 9.17) is 10.5 Å². The van der Waals surface area contributed by atoms with Gasteiger partial charge in [-0.25, -0.2) is 19.3 Å². The molecule has 3 heterocycles. The standard InChI is InChI=1S/C10H12FN5O4/c11-10(19)5(18)3(17)1-20-6(10)9-15-7(12)4-8(16-9)14-2-13-4/h2-3,5-6,17-19H,1H2,(H3,12,13,14,15,16)/t3-,5-,6?,10+/m1/s1. The van der Waals surface area contributed by atoms with Crippen LogP contribution in [0.5, 0.6) is 0 Å². The number of aromatic amines is 1. The Morgan fingerprint density at radius 3 is 2.95 bits per heavy atom. The van der Waals surface area contributed by atoms with E-state index in [1.807, 2.05) is 0 Å². The van der Waals surface area contributed by atoms with Gasteiger partial charge in [-0.15, -0.1) is 0 Å². The molecule has 0 radical (unpaired) electrons. The first-order chi connectivity index (χ1) is 9.41. The number of hydrogen-bond acceptors (Lipinski definition) is 8. The number of imidazole rings is 1. The van der Waals surface area contributed by atoms with Gasteiger partial charge in [-0.2, -0.15) is 0 Å². The monoisotopic (exact) mass is 285 g/mol. The van der Waals surface area contributed by atoms with Crippen molar-refractivity contribution >= 4 is 17.0 Å². The number of anilines is 1. The topological polar surface area (TPSA) is 150 Å². The number of nitrogens with one attached hydrogen (secondary N) is 1. The fraction of sp³-hybridized carbons (Fsp3) is 0.500. The van der Waals surface area contributed by atoms with Crippen LogP contribution in [0, 0.1) is 0 Å². The second-order valence-electron chi connectivity index (χ2n) is 4.52. The number of nitrogen functional groups attached to an aromatic ring is 1. The minimum absolute atomic E-state index is 0.00233. The number of alkyl halides is 1. The number of aliphatic hydroxyl groups is 3. The first-order valence-corrected chi connectivity index (χ1v) is 5.76. The minimum Gasteiger partial charge on any atom is -0.388 e. The molecule has 4 atom stereocenters. The lowest BCUT2D eigenvalue weighted by Crippen LogP contribution is -2.56. The van der Waals surface area contributed by atoms with Crippen LogP contribution in [0.1, 0.15) is 11.9 Å². The Balaban J connectivity index is 2.06. The number of fused-ring (bicyclic) bond motifs is 1. The molecule has 108 valence electrons. The van der Waals surface area contributed by atoms with Gasteiger partial charge >= 0.3 is 0 Å². The maximum absolute atomic E-state index is 14.2. The first kappa shape index (κ1) is 13.1. The highest BCUT2D eigenvalue weighted by molar-refractivity contribution is 5.80. The molecule has 1 saturated heterocycles. The Kier molecular flexibility index (Phi) is 2.83. The number of H-pyrrole nitrogens is 1. The summed E-state index contributed by atoms with van der Waals surface area (Å²) >= 11 is 0. The molecule has 0 bridgehead atoms. The van der Waals surface area contributed by atoms with E-state index in [1.54, 1.807) is 0 Å². The van der Waals surface area contributed by atoms with Gasteiger partial charge in [0, 0.05) is 0 Å². The summed E-state index contributed by atoms with van der Waals surface area (Å²) in [6.07, 6.45) is -3.93. The zero-order chi connectivity index (χ0) is 14.5. The van der Waals surface area contributed by atoms with Crippen LogP contribution in [-0.2, 0) is 4.74 Å². The van der Waals surface area contributed by atoms with E-state index < -0.39 is 24.2 Å². The van der Waals surface area contributed by atoms with Crippen molar-refractivity contribution in [3.8, 4) is 0 Å². The van der Waals surface area contributed by atoms with Gasteiger partial charge in [0.25, 0.3) is 5.85 Å². The molecule has 2 aromatic heterocycles. The SMILES string of the molecule is Nc1nc(C2OC[C@@H](O)[C@@H](O)[C@@]2(O)F)nc2nc[nH]c12. The summed E-state index contributed by atoms with van der Waals surface area (Å²) in [7, 11) is 0. The van der Waals surface area contributed by atoms with E-state index in [0.717, 1.165) is 0 Å². The fourth-order valence-corrected chi connectivity index (χ4v) is 2.07. The van der Waals surface area contributed by atoms with Crippen molar-refractivity contribution in [2.75, 3.05) is 12.3 Å².